The Morgan fingerprint density at radius 2 is 1.92 bits per heavy atom. The van der Waals surface area contributed by atoms with Gasteiger partial charge in [-0.15, -0.1) is 12.4 Å². The molecule has 7 nitrogen and oxygen atoms in total. The molecule has 1 saturated carbocycles. The molecule has 2 fully saturated rings. The van der Waals surface area contributed by atoms with Gasteiger partial charge < -0.3 is 15.6 Å². The highest BCUT2D eigenvalue weighted by Crippen LogP contribution is 2.21. The van der Waals surface area contributed by atoms with Gasteiger partial charge in [-0.1, -0.05) is 24.4 Å². The number of hydrogen-bond donors (Lipinski definition) is 2. The minimum Gasteiger partial charge on any atom is -0.353 e. The van der Waals surface area contributed by atoms with Crippen LogP contribution in [0.15, 0.2) is 4.52 Å². The van der Waals surface area contributed by atoms with Gasteiger partial charge in [-0.3, -0.25) is 9.69 Å². The first-order valence-corrected chi connectivity index (χ1v) is 8.79. The SMILES string of the molecule is Cl.NCc1nc(CN2CCC(C(=O)NC3CCCCC3)CC2)no1. The van der Waals surface area contributed by atoms with Crippen LogP contribution < -0.4 is 11.1 Å². The zero-order valence-electron chi connectivity index (χ0n) is 14.1. The molecule has 1 amide bonds. The lowest BCUT2D eigenvalue weighted by Gasteiger charge is -2.32. The highest BCUT2D eigenvalue weighted by molar-refractivity contribution is 5.85. The van der Waals surface area contributed by atoms with Crippen molar-refractivity contribution in [2.45, 2.75) is 64.1 Å². The molecule has 24 heavy (non-hydrogen) atoms. The van der Waals surface area contributed by atoms with Crippen LogP contribution in [-0.4, -0.2) is 40.1 Å². The summed E-state index contributed by atoms with van der Waals surface area (Å²) in [6.07, 6.45) is 7.91. The predicted octanol–water partition coefficient (Wildman–Crippen LogP) is 1.61. The number of nitrogens with one attached hydrogen (secondary N) is 1. The molecule has 3 N–H and O–H groups in total. The maximum absolute atomic E-state index is 12.4. The summed E-state index contributed by atoms with van der Waals surface area (Å²) in [5, 5.41) is 7.18. The monoisotopic (exact) mass is 357 g/mol. The van der Waals surface area contributed by atoms with Crippen molar-refractivity contribution in [3.05, 3.63) is 11.7 Å². The highest BCUT2D eigenvalue weighted by atomic mass is 35.5. The number of carbonyl (C=O) groups is 1. The van der Waals surface area contributed by atoms with E-state index in [4.69, 9.17) is 10.3 Å². The molecular weight excluding hydrogens is 330 g/mol. The van der Waals surface area contributed by atoms with Gasteiger partial charge in [0.1, 0.15) is 0 Å². The molecule has 2 heterocycles. The lowest BCUT2D eigenvalue weighted by Crippen LogP contribution is -2.44. The van der Waals surface area contributed by atoms with Crippen molar-refractivity contribution in [3.8, 4) is 0 Å². The summed E-state index contributed by atoms with van der Waals surface area (Å²) in [7, 11) is 0. The van der Waals surface area contributed by atoms with Gasteiger partial charge in [-0.05, 0) is 38.8 Å². The Morgan fingerprint density at radius 1 is 1.21 bits per heavy atom. The number of carbonyl (C=O) groups excluding carboxylic acids is 1. The lowest BCUT2D eigenvalue weighted by atomic mass is 9.92. The Balaban J connectivity index is 0.00000208. The molecule has 0 aromatic carbocycles. The van der Waals surface area contributed by atoms with E-state index in [0.29, 0.717) is 24.3 Å². The van der Waals surface area contributed by atoms with Crippen LogP contribution in [-0.2, 0) is 17.9 Å². The Labute approximate surface area is 149 Å². The van der Waals surface area contributed by atoms with Crippen LogP contribution >= 0.6 is 12.4 Å². The van der Waals surface area contributed by atoms with Crippen molar-refractivity contribution >= 4 is 18.3 Å². The highest BCUT2D eigenvalue weighted by Gasteiger charge is 2.27. The molecule has 8 heteroatoms. The molecule has 3 rings (SSSR count). The van der Waals surface area contributed by atoms with Gasteiger partial charge >= 0.3 is 0 Å². The van der Waals surface area contributed by atoms with E-state index >= 15 is 0 Å². The standard InChI is InChI=1S/C16H27N5O2.ClH/c17-10-15-19-14(20-23-15)11-21-8-6-12(7-9-21)16(22)18-13-4-2-1-3-5-13;/h12-13H,1-11,17H2,(H,18,22);1H. The summed E-state index contributed by atoms with van der Waals surface area (Å²) in [6, 6.07) is 0.406. The first-order valence-electron chi connectivity index (χ1n) is 8.79. The molecule has 1 aliphatic heterocycles. The van der Waals surface area contributed by atoms with Crippen LogP contribution in [0.3, 0.4) is 0 Å². The minimum atomic E-state index is 0. The second-order valence-corrected chi connectivity index (χ2v) is 6.70. The number of piperidine rings is 1. The second-order valence-electron chi connectivity index (χ2n) is 6.70. The van der Waals surface area contributed by atoms with E-state index < -0.39 is 0 Å². The average Bonchev–Trinajstić information content (AvgIpc) is 3.04. The first kappa shape index (κ1) is 19.1. The quantitative estimate of drug-likeness (QED) is 0.830. The molecule has 0 radical (unpaired) electrons. The molecule has 1 aromatic heterocycles. The number of hydrogen-bond acceptors (Lipinski definition) is 6. The van der Waals surface area contributed by atoms with Gasteiger partial charge in [0.15, 0.2) is 5.82 Å². The van der Waals surface area contributed by atoms with Crippen LogP contribution in [0.4, 0.5) is 0 Å². The third kappa shape index (κ3) is 5.16. The molecule has 136 valence electrons. The summed E-state index contributed by atoms with van der Waals surface area (Å²) in [5.74, 6) is 1.55. The number of nitrogens with zero attached hydrogens (tertiary/aromatic N) is 3. The number of halogens is 1. The maximum Gasteiger partial charge on any atom is 0.240 e. The summed E-state index contributed by atoms with van der Waals surface area (Å²) in [4.78, 5) is 18.9. The fourth-order valence-corrected chi connectivity index (χ4v) is 3.56. The zero-order chi connectivity index (χ0) is 16.1. The first-order chi connectivity index (χ1) is 11.2. The van der Waals surface area contributed by atoms with E-state index in [-0.39, 0.29) is 30.8 Å². The molecule has 0 bridgehead atoms. The lowest BCUT2D eigenvalue weighted by molar-refractivity contribution is -0.127. The Bertz CT molecular complexity index is 510. The van der Waals surface area contributed by atoms with Gasteiger partial charge in [0.05, 0.1) is 13.1 Å². The van der Waals surface area contributed by atoms with E-state index in [9.17, 15) is 4.79 Å². The van der Waals surface area contributed by atoms with E-state index in [1.165, 1.54) is 19.3 Å². The Morgan fingerprint density at radius 3 is 2.54 bits per heavy atom. The van der Waals surface area contributed by atoms with Crippen LogP contribution in [0.2, 0.25) is 0 Å². The van der Waals surface area contributed by atoms with E-state index in [1.807, 2.05) is 0 Å². The van der Waals surface area contributed by atoms with Crippen LogP contribution in [0, 0.1) is 5.92 Å². The second kappa shape index (κ2) is 9.34. The normalized spacial score (nSPS) is 20.5. The summed E-state index contributed by atoms with van der Waals surface area (Å²) in [5.41, 5.74) is 5.47. The van der Waals surface area contributed by atoms with E-state index in [0.717, 1.165) is 38.8 Å². The minimum absolute atomic E-state index is 0. The van der Waals surface area contributed by atoms with Gasteiger partial charge in [0, 0.05) is 12.0 Å². The molecule has 0 atom stereocenters. The summed E-state index contributed by atoms with van der Waals surface area (Å²) >= 11 is 0. The van der Waals surface area contributed by atoms with E-state index in [2.05, 4.69) is 20.4 Å². The van der Waals surface area contributed by atoms with Gasteiger partial charge in [-0.2, -0.15) is 4.98 Å². The van der Waals surface area contributed by atoms with Crippen LogP contribution in [0.25, 0.3) is 0 Å². The smallest absolute Gasteiger partial charge is 0.240 e. The molecule has 0 unspecified atom stereocenters. The van der Waals surface area contributed by atoms with Gasteiger partial charge in [0.25, 0.3) is 0 Å². The Kier molecular flexibility index (Phi) is 7.45. The third-order valence-corrected chi connectivity index (χ3v) is 4.96. The molecule has 1 aliphatic carbocycles. The average molecular weight is 358 g/mol. The largest absolute Gasteiger partial charge is 0.353 e. The van der Waals surface area contributed by atoms with Crippen molar-refractivity contribution in [1.29, 1.82) is 0 Å². The molecule has 0 spiro atoms. The third-order valence-electron chi connectivity index (χ3n) is 4.96. The number of likely N-dealkylation sites (tertiary alicyclic amines) is 1. The topological polar surface area (TPSA) is 97.3 Å². The molecule has 2 aliphatic rings. The number of amides is 1. The van der Waals surface area contributed by atoms with Crippen molar-refractivity contribution < 1.29 is 9.32 Å². The van der Waals surface area contributed by atoms with Gasteiger partial charge in [-0.25, -0.2) is 0 Å². The number of nitrogens with two attached hydrogens (primary N) is 1. The van der Waals surface area contributed by atoms with Crippen molar-refractivity contribution in [2.75, 3.05) is 13.1 Å². The van der Waals surface area contributed by atoms with Gasteiger partial charge in [0.2, 0.25) is 11.8 Å². The van der Waals surface area contributed by atoms with Crippen molar-refractivity contribution in [2.24, 2.45) is 11.7 Å². The fraction of sp³-hybridized carbons (Fsp3) is 0.812. The van der Waals surface area contributed by atoms with E-state index in [1.54, 1.807) is 0 Å². The predicted molar refractivity (Wildman–Crippen MR) is 92.5 cm³/mol. The fourth-order valence-electron chi connectivity index (χ4n) is 3.56. The summed E-state index contributed by atoms with van der Waals surface area (Å²) < 4.78 is 5.02. The number of rotatable bonds is 5. The van der Waals surface area contributed by atoms with Crippen LogP contribution in [0.1, 0.15) is 56.7 Å². The zero-order valence-corrected chi connectivity index (χ0v) is 14.9. The molecule has 1 saturated heterocycles. The maximum atomic E-state index is 12.4. The number of aromatic nitrogens is 2. The van der Waals surface area contributed by atoms with Crippen molar-refractivity contribution in [3.63, 3.8) is 0 Å². The molecular formula is C16H28ClN5O2. The Hall–Kier alpha value is -1.18. The molecule has 1 aromatic rings. The van der Waals surface area contributed by atoms with Crippen LogP contribution in [0.5, 0.6) is 0 Å². The van der Waals surface area contributed by atoms with Crippen molar-refractivity contribution in [1.82, 2.24) is 20.4 Å². The summed E-state index contributed by atoms with van der Waals surface area (Å²) in [6.45, 7) is 2.74.